The summed E-state index contributed by atoms with van der Waals surface area (Å²) in [5.74, 6) is -1.06. The topological polar surface area (TPSA) is 71.8 Å². The highest BCUT2D eigenvalue weighted by Gasteiger charge is 2.44. The minimum absolute atomic E-state index is 0.0631. The fraction of sp³-hybridized carbons (Fsp3) is 0.296. The number of esters is 1. The van der Waals surface area contributed by atoms with Crippen molar-refractivity contribution in [3.8, 4) is 0 Å². The molecule has 2 aromatic carbocycles. The molecule has 0 radical (unpaired) electrons. The zero-order valence-corrected chi connectivity index (χ0v) is 19.3. The Bertz CT molecular complexity index is 1250. The van der Waals surface area contributed by atoms with E-state index in [0.29, 0.717) is 18.8 Å². The smallest absolute Gasteiger partial charge is 0.343 e. The summed E-state index contributed by atoms with van der Waals surface area (Å²) in [5, 5.41) is 3.89. The van der Waals surface area contributed by atoms with Crippen molar-refractivity contribution in [2.75, 3.05) is 20.2 Å². The Kier molecular flexibility index (Phi) is 5.79. The second kappa shape index (κ2) is 8.91. The van der Waals surface area contributed by atoms with E-state index in [1.807, 2.05) is 41.0 Å². The van der Waals surface area contributed by atoms with Gasteiger partial charge in [0.05, 0.1) is 7.11 Å². The fourth-order valence-corrected chi connectivity index (χ4v) is 5.23. The number of amides is 1. The Labute approximate surface area is 198 Å². The quantitative estimate of drug-likeness (QED) is 0.558. The molecule has 1 aromatic heterocycles. The first kappa shape index (κ1) is 22.1. The van der Waals surface area contributed by atoms with Gasteiger partial charge in [-0.1, -0.05) is 60.7 Å². The number of hydrogen-bond donors (Lipinski definition) is 0. The molecule has 0 aliphatic carbocycles. The van der Waals surface area contributed by atoms with Gasteiger partial charge in [0.25, 0.3) is 5.91 Å². The van der Waals surface area contributed by atoms with Gasteiger partial charge in [-0.25, -0.2) is 4.79 Å². The van der Waals surface area contributed by atoms with Crippen LogP contribution >= 0.6 is 0 Å². The lowest BCUT2D eigenvalue weighted by molar-refractivity contribution is -0.0985. The van der Waals surface area contributed by atoms with Crippen molar-refractivity contribution in [1.82, 2.24) is 14.6 Å². The zero-order chi connectivity index (χ0) is 23.8. The average Bonchev–Trinajstić information content (AvgIpc) is 2.88. The normalized spacial score (nSPS) is 17.9. The molecule has 7 nitrogen and oxygen atoms in total. The molecule has 174 valence electrons. The van der Waals surface area contributed by atoms with Crippen LogP contribution < -0.4 is 5.43 Å². The molecule has 0 bridgehead atoms. The van der Waals surface area contributed by atoms with Gasteiger partial charge in [-0.2, -0.15) is 5.01 Å². The van der Waals surface area contributed by atoms with Crippen LogP contribution in [-0.2, 0) is 4.74 Å². The molecular formula is C27H27N3O4. The molecule has 3 heterocycles. The number of nitrogens with zero attached hydrogens (tertiary/aromatic N) is 3. The lowest BCUT2D eigenvalue weighted by atomic mass is 9.86. The standard InChI is InChI=1S/C27H27N3O4/c1-18-23-26(32)30-16-10-9-15-29(30)25(28(23)17-21(24(18)31)27(33)34-2)22(19-11-5-3-6-12-19)20-13-7-4-8-14-20/h3-8,11-14,17,22,25H,9-10,15-16H2,1-2H3. The van der Waals surface area contributed by atoms with E-state index in [-0.39, 0.29) is 29.1 Å². The van der Waals surface area contributed by atoms with Gasteiger partial charge in [-0.05, 0) is 30.9 Å². The summed E-state index contributed by atoms with van der Waals surface area (Å²) in [7, 11) is 1.26. The summed E-state index contributed by atoms with van der Waals surface area (Å²) >= 11 is 0. The van der Waals surface area contributed by atoms with Crippen molar-refractivity contribution in [2.45, 2.75) is 31.8 Å². The maximum absolute atomic E-state index is 13.6. The van der Waals surface area contributed by atoms with E-state index in [1.54, 1.807) is 11.9 Å². The zero-order valence-electron chi connectivity index (χ0n) is 19.3. The molecule has 1 fully saturated rings. The van der Waals surface area contributed by atoms with Crippen LogP contribution in [0, 0.1) is 6.92 Å². The Balaban J connectivity index is 1.82. The van der Waals surface area contributed by atoms with Crippen molar-refractivity contribution >= 4 is 11.9 Å². The predicted molar refractivity (Wildman–Crippen MR) is 128 cm³/mol. The number of ether oxygens (including phenoxy) is 1. The first-order valence-corrected chi connectivity index (χ1v) is 11.5. The highest BCUT2D eigenvalue weighted by molar-refractivity contribution is 5.96. The molecule has 0 spiro atoms. The molecule has 1 atom stereocenters. The first-order valence-electron chi connectivity index (χ1n) is 11.5. The van der Waals surface area contributed by atoms with Gasteiger partial charge in [0.1, 0.15) is 17.4 Å². The largest absolute Gasteiger partial charge is 0.465 e. The Morgan fingerprint density at radius 1 is 0.941 bits per heavy atom. The SMILES string of the molecule is COC(=O)c1cn2c(c(C)c1=O)C(=O)N1CCCCN1C2C(c1ccccc1)c1ccccc1. The van der Waals surface area contributed by atoms with E-state index in [1.165, 1.54) is 13.3 Å². The minimum atomic E-state index is -0.702. The number of carbonyl (C=O) groups is 2. The Morgan fingerprint density at radius 3 is 2.12 bits per heavy atom. The van der Waals surface area contributed by atoms with Crippen molar-refractivity contribution in [3.63, 3.8) is 0 Å². The van der Waals surface area contributed by atoms with E-state index >= 15 is 0 Å². The molecule has 2 aliphatic rings. The number of rotatable bonds is 4. The van der Waals surface area contributed by atoms with E-state index < -0.39 is 11.4 Å². The van der Waals surface area contributed by atoms with Crippen LogP contribution in [0.3, 0.4) is 0 Å². The molecule has 1 amide bonds. The highest BCUT2D eigenvalue weighted by Crippen LogP contribution is 2.42. The minimum Gasteiger partial charge on any atom is -0.465 e. The third-order valence-corrected chi connectivity index (χ3v) is 6.83. The van der Waals surface area contributed by atoms with Crippen LogP contribution in [0.2, 0.25) is 0 Å². The van der Waals surface area contributed by atoms with Crippen LogP contribution in [0.1, 0.15) is 62.5 Å². The Hall–Kier alpha value is -3.71. The van der Waals surface area contributed by atoms with Crippen LogP contribution in [-0.4, -0.2) is 46.7 Å². The van der Waals surface area contributed by atoms with Crippen LogP contribution in [0.5, 0.6) is 0 Å². The first-order chi connectivity index (χ1) is 16.5. The van der Waals surface area contributed by atoms with E-state index in [0.717, 1.165) is 24.0 Å². The molecule has 3 aromatic rings. The summed E-state index contributed by atoms with van der Waals surface area (Å²) in [6, 6.07) is 20.3. The van der Waals surface area contributed by atoms with Crippen molar-refractivity contribution < 1.29 is 14.3 Å². The number of fused-ring (bicyclic) bond motifs is 2. The van der Waals surface area contributed by atoms with Crippen LogP contribution in [0.15, 0.2) is 71.7 Å². The lowest BCUT2D eigenvalue weighted by Crippen LogP contribution is -2.59. The molecule has 5 rings (SSSR count). The summed E-state index contributed by atoms with van der Waals surface area (Å²) in [5.41, 5.74) is 2.24. The predicted octanol–water partition coefficient (Wildman–Crippen LogP) is 3.74. The summed E-state index contributed by atoms with van der Waals surface area (Å²) in [6.45, 7) is 2.91. The number of hydrogen-bond acceptors (Lipinski definition) is 5. The van der Waals surface area contributed by atoms with Crippen LogP contribution in [0.4, 0.5) is 0 Å². The monoisotopic (exact) mass is 457 g/mol. The third-order valence-electron chi connectivity index (χ3n) is 6.83. The second-order valence-electron chi connectivity index (χ2n) is 8.76. The number of carbonyl (C=O) groups excluding carboxylic acids is 2. The molecule has 34 heavy (non-hydrogen) atoms. The fourth-order valence-electron chi connectivity index (χ4n) is 5.23. The van der Waals surface area contributed by atoms with E-state index in [2.05, 4.69) is 29.3 Å². The lowest BCUT2D eigenvalue weighted by Gasteiger charge is -2.51. The van der Waals surface area contributed by atoms with Crippen LogP contribution in [0.25, 0.3) is 0 Å². The molecule has 1 unspecified atom stereocenters. The number of methoxy groups -OCH3 is 1. The summed E-state index contributed by atoms with van der Waals surface area (Å²) in [6.07, 6.45) is 3.03. The molecular weight excluding hydrogens is 430 g/mol. The van der Waals surface area contributed by atoms with Crippen molar-refractivity contribution in [2.24, 2.45) is 0 Å². The van der Waals surface area contributed by atoms with Gasteiger partial charge in [0.2, 0.25) is 0 Å². The van der Waals surface area contributed by atoms with E-state index in [4.69, 9.17) is 4.74 Å². The molecule has 1 saturated heterocycles. The maximum Gasteiger partial charge on any atom is 0.343 e. The average molecular weight is 458 g/mol. The summed E-state index contributed by atoms with van der Waals surface area (Å²) in [4.78, 5) is 39.2. The van der Waals surface area contributed by atoms with Gasteiger partial charge in [0, 0.05) is 30.8 Å². The van der Waals surface area contributed by atoms with Crippen molar-refractivity contribution in [1.29, 1.82) is 0 Å². The van der Waals surface area contributed by atoms with Crippen molar-refractivity contribution in [3.05, 3.63) is 105 Å². The Morgan fingerprint density at radius 2 is 1.53 bits per heavy atom. The number of hydrazine groups is 1. The number of benzene rings is 2. The summed E-state index contributed by atoms with van der Waals surface area (Å²) < 4.78 is 6.73. The van der Waals surface area contributed by atoms with Gasteiger partial charge in [0.15, 0.2) is 5.43 Å². The van der Waals surface area contributed by atoms with E-state index in [9.17, 15) is 14.4 Å². The third kappa shape index (κ3) is 3.53. The van der Waals surface area contributed by atoms with Gasteiger partial charge < -0.3 is 9.30 Å². The van der Waals surface area contributed by atoms with Gasteiger partial charge in [-0.3, -0.25) is 14.6 Å². The molecule has 0 saturated carbocycles. The second-order valence-corrected chi connectivity index (χ2v) is 8.76. The number of aromatic nitrogens is 1. The molecule has 7 heteroatoms. The maximum atomic E-state index is 13.6. The molecule has 0 N–H and O–H groups in total. The van der Waals surface area contributed by atoms with Gasteiger partial charge >= 0.3 is 5.97 Å². The van der Waals surface area contributed by atoms with Gasteiger partial charge in [-0.15, -0.1) is 0 Å². The highest BCUT2D eigenvalue weighted by atomic mass is 16.5. The number of pyridine rings is 1. The molecule has 2 aliphatic heterocycles.